The van der Waals surface area contributed by atoms with Crippen molar-refractivity contribution in [2.45, 2.75) is 24.8 Å². The topological polar surface area (TPSA) is 21.3 Å². The Bertz CT molecular complexity index is 564. The first-order chi connectivity index (χ1) is 10.3. The highest BCUT2D eigenvalue weighted by Gasteiger charge is 2.35. The summed E-state index contributed by atoms with van der Waals surface area (Å²) < 4.78 is 5.57. The minimum Gasteiger partial charge on any atom is -0.381 e. The average molecular weight is 322 g/mol. The van der Waals surface area contributed by atoms with E-state index in [1.165, 1.54) is 11.1 Å². The fourth-order valence-electron chi connectivity index (χ4n) is 3.03. The summed E-state index contributed by atoms with van der Waals surface area (Å²) in [6, 6.07) is 10.4. The fourth-order valence-corrected chi connectivity index (χ4v) is 4.04. The Morgan fingerprint density at radius 3 is 2.71 bits per heavy atom. The van der Waals surface area contributed by atoms with E-state index in [4.69, 9.17) is 16.3 Å². The second-order valence-corrected chi connectivity index (χ2v) is 6.79. The van der Waals surface area contributed by atoms with Crippen LogP contribution in [-0.4, -0.2) is 19.8 Å². The van der Waals surface area contributed by atoms with E-state index in [1.807, 2.05) is 12.1 Å². The van der Waals surface area contributed by atoms with Crippen LogP contribution in [0.15, 0.2) is 41.1 Å². The molecule has 112 valence electrons. The van der Waals surface area contributed by atoms with Crippen LogP contribution in [0.2, 0.25) is 5.02 Å². The lowest BCUT2D eigenvalue weighted by Crippen LogP contribution is -2.42. The molecule has 0 bridgehead atoms. The Morgan fingerprint density at radius 2 is 2.00 bits per heavy atom. The molecule has 0 amide bonds. The number of benzene rings is 1. The van der Waals surface area contributed by atoms with Gasteiger partial charge in [0.05, 0.1) is 0 Å². The minimum absolute atomic E-state index is 0.0899. The standard InChI is InChI=1S/C17H20ClNOS/c18-16-4-2-1-3-15(16)17(6-8-20-9-7-17)13-19-11-14-5-10-21-12-14/h1-5,10,12,19H,6-9,11,13H2. The van der Waals surface area contributed by atoms with E-state index in [-0.39, 0.29) is 5.41 Å². The van der Waals surface area contributed by atoms with Gasteiger partial charge < -0.3 is 10.1 Å². The van der Waals surface area contributed by atoms with Gasteiger partial charge in [-0.1, -0.05) is 29.8 Å². The first-order valence-corrected chi connectivity index (χ1v) is 8.67. The Hall–Kier alpha value is -0.870. The Labute approximate surface area is 135 Å². The summed E-state index contributed by atoms with van der Waals surface area (Å²) >= 11 is 8.20. The third-order valence-electron chi connectivity index (χ3n) is 4.27. The van der Waals surface area contributed by atoms with Gasteiger partial charge >= 0.3 is 0 Å². The van der Waals surface area contributed by atoms with Gasteiger partial charge in [0.2, 0.25) is 0 Å². The van der Waals surface area contributed by atoms with Crippen molar-refractivity contribution in [1.82, 2.24) is 5.32 Å². The third-order valence-corrected chi connectivity index (χ3v) is 5.33. The van der Waals surface area contributed by atoms with E-state index < -0.39 is 0 Å². The molecule has 2 nitrogen and oxygen atoms in total. The van der Waals surface area contributed by atoms with Crippen LogP contribution in [0.3, 0.4) is 0 Å². The second kappa shape index (κ2) is 6.93. The number of thiophene rings is 1. The van der Waals surface area contributed by atoms with E-state index in [2.05, 4.69) is 34.3 Å². The van der Waals surface area contributed by atoms with Crippen molar-refractivity contribution >= 4 is 22.9 Å². The lowest BCUT2D eigenvalue weighted by molar-refractivity contribution is 0.0498. The summed E-state index contributed by atoms with van der Waals surface area (Å²) in [6.07, 6.45) is 2.04. The van der Waals surface area contributed by atoms with Gasteiger partial charge in [-0.25, -0.2) is 0 Å². The van der Waals surface area contributed by atoms with Crippen molar-refractivity contribution in [2.75, 3.05) is 19.8 Å². The zero-order valence-electron chi connectivity index (χ0n) is 12.0. The van der Waals surface area contributed by atoms with Gasteiger partial charge in [-0.05, 0) is 46.9 Å². The maximum absolute atomic E-state index is 6.46. The summed E-state index contributed by atoms with van der Waals surface area (Å²) in [7, 11) is 0. The molecule has 1 aliphatic rings. The molecule has 3 rings (SSSR count). The van der Waals surface area contributed by atoms with Crippen LogP contribution < -0.4 is 5.32 Å². The van der Waals surface area contributed by atoms with E-state index >= 15 is 0 Å². The highest BCUT2D eigenvalue weighted by atomic mass is 35.5. The molecule has 4 heteroatoms. The molecule has 1 N–H and O–H groups in total. The maximum atomic E-state index is 6.46. The largest absolute Gasteiger partial charge is 0.381 e. The lowest BCUT2D eigenvalue weighted by atomic mass is 9.74. The maximum Gasteiger partial charge on any atom is 0.0475 e. The number of hydrogen-bond donors (Lipinski definition) is 1. The molecule has 2 aromatic rings. The smallest absolute Gasteiger partial charge is 0.0475 e. The summed E-state index contributed by atoms with van der Waals surface area (Å²) in [5, 5.41) is 8.80. The molecule has 1 fully saturated rings. The van der Waals surface area contributed by atoms with Crippen molar-refractivity contribution in [3.05, 3.63) is 57.2 Å². The normalized spacial score (nSPS) is 17.8. The summed E-state index contributed by atoms with van der Waals surface area (Å²) in [5.41, 5.74) is 2.70. The van der Waals surface area contributed by atoms with Crippen molar-refractivity contribution < 1.29 is 4.74 Å². The molecule has 1 aromatic carbocycles. The number of ether oxygens (including phenoxy) is 1. The zero-order valence-corrected chi connectivity index (χ0v) is 13.6. The summed E-state index contributed by atoms with van der Waals surface area (Å²) in [6.45, 7) is 3.48. The summed E-state index contributed by atoms with van der Waals surface area (Å²) in [4.78, 5) is 0. The SMILES string of the molecule is Clc1ccccc1C1(CNCc2ccsc2)CCOCC1. The molecule has 2 heterocycles. The molecule has 21 heavy (non-hydrogen) atoms. The number of hydrogen-bond acceptors (Lipinski definition) is 3. The molecule has 0 unspecified atom stereocenters. The van der Waals surface area contributed by atoms with Crippen molar-refractivity contribution in [2.24, 2.45) is 0 Å². The average Bonchev–Trinajstić information content (AvgIpc) is 3.02. The van der Waals surface area contributed by atoms with E-state index in [1.54, 1.807) is 11.3 Å². The molecular weight excluding hydrogens is 302 g/mol. The number of nitrogens with one attached hydrogen (secondary N) is 1. The van der Waals surface area contributed by atoms with Gasteiger partial charge in [0, 0.05) is 36.7 Å². The fraction of sp³-hybridized carbons (Fsp3) is 0.412. The third kappa shape index (κ3) is 3.49. The number of halogens is 1. The molecular formula is C17H20ClNOS. The first-order valence-electron chi connectivity index (χ1n) is 7.35. The van der Waals surface area contributed by atoms with Crippen LogP contribution in [-0.2, 0) is 16.7 Å². The van der Waals surface area contributed by atoms with E-state index in [0.29, 0.717) is 0 Å². The molecule has 0 atom stereocenters. The molecule has 1 aliphatic heterocycles. The molecule has 0 saturated carbocycles. The van der Waals surface area contributed by atoms with Gasteiger partial charge in [0.25, 0.3) is 0 Å². The van der Waals surface area contributed by atoms with Gasteiger partial charge in [-0.15, -0.1) is 0 Å². The molecule has 0 aliphatic carbocycles. The van der Waals surface area contributed by atoms with Crippen LogP contribution in [0.5, 0.6) is 0 Å². The quantitative estimate of drug-likeness (QED) is 0.889. The van der Waals surface area contributed by atoms with Crippen LogP contribution in [0.25, 0.3) is 0 Å². The predicted molar refractivity (Wildman–Crippen MR) is 89.2 cm³/mol. The van der Waals surface area contributed by atoms with Crippen LogP contribution >= 0.6 is 22.9 Å². The zero-order chi connectivity index (χ0) is 14.5. The van der Waals surface area contributed by atoms with Gasteiger partial charge in [0.1, 0.15) is 0 Å². The van der Waals surface area contributed by atoms with Crippen LogP contribution in [0.1, 0.15) is 24.0 Å². The Kier molecular flexibility index (Phi) is 4.96. The highest BCUT2D eigenvalue weighted by molar-refractivity contribution is 7.07. The molecule has 0 radical (unpaired) electrons. The first kappa shape index (κ1) is 15.0. The van der Waals surface area contributed by atoms with Crippen LogP contribution in [0.4, 0.5) is 0 Å². The molecule has 0 spiro atoms. The Morgan fingerprint density at radius 1 is 1.19 bits per heavy atom. The van der Waals surface area contributed by atoms with E-state index in [0.717, 1.165) is 44.2 Å². The second-order valence-electron chi connectivity index (χ2n) is 5.61. The number of rotatable bonds is 5. The van der Waals surface area contributed by atoms with E-state index in [9.17, 15) is 0 Å². The lowest BCUT2D eigenvalue weighted by Gasteiger charge is -2.38. The van der Waals surface area contributed by atoms with Crippen molar-refractivity contribution in [3.8, 4) is 0 Å². The Balaban J connectivity index is 1.75. The van der Waals surface area contributed by atoms with Gasteiger partial charge in [-0.2, -0.15) is 11.3 Å². The monoisotopic (exact) mass is 321 g/mol. The van der Waals surface area contributed by atoms with Crippen LogP contribution in [0, 0.1) is 0 Å². The van der Waals surface area contributed by atoms with Gasteiger partial charge in [-0.3, -0.25) is 0 Å². The molecule has 1 saturated heterocycles. The molecule has 1 aromatic heterocycles. The van der Waals surface area contributed by atoms with Crippen molar-refractivity contribution in [1.29, 1.82) is 0 Å². The predicted octanol–water partition coefficient (Wildman–Crippen LogP) is 4.24. The minimum atomic E-state index is 0.0899. The highest BCUT2D eigenvalue weighted by Crippen LogP contribution is 2.38. The summed E-state index contributed by atoms with van der Waals surface area (Å²) in [5.74, 6) is 0. The van der Waals surface area contributed by atoms with Gasteiger partial charge in [0.15, 0.2) is 0 Å². The van der Waals surface area contributed by atoms with Crippen molar-refractivity contribution in [3.63, 3.8) is 0 Å².